The molecule has 0 fully saturated rings. The SMILES string of the molecule is CCOC(=O)Nc1ccc(C(=O)OCC(=O)NC(=O)NCc2ccccc2)cc1. The van der Waals surface area contributed by atoms with Crippen LogP contribution in [0.4, 0.5) is 15.3 Å². The number of hydrogen-bond donors (Lipinski definition) is 3. The summed E-state index contributed by atoms with van der Waals surface area (Å²) in [5.41, 5.74) is 1.50. The van der Waals surface area contributed by atoms with Gasteiger partial charge in [-0.1, -0.05) is 30.3 Å². The van der Waals surface area contributed by atoms with Crippen molar-refractivity contribution in [2.45, 2.75) is 13.5 Å². The van der Waals surface area contributed by atoms with Crippen molar-refractivity contribution in [3.8, 4) is 0 Å². The molecule has 0 atom stereocenters. The van der Waals surface area contributed by atoms with Crippen LogP contribution in [0.5, 0.6) is 0 Å². The smallest absolute Gasteiger partial charge is 0.411 e. The molecular weight excluding hydrogens is 378 g/mol. The number of nitrogens with one attached hydrogen (secondary N) is 3. The highest BCUT2D eigenvalue weighted by atomic mass is 16.5. The van der Waals surface area contributed by atoms with Gasteiger partial charge in [0.25, 0.3) is 5.91 Å². The van der Waals surface area contributed by atoms with Crippen molar-refractivity contribution >= 4 is 29.7 Å². The van der Waals surface area contributed by atoms with Crippen LogP contribution in [0.25, 0.3) is 0 Å². The van der Waals surface area contributed by atoms with E-state index in [1.54, 1.807) is 6.92 Å². The van der Waals surface area contributed by atoms with E-state index >= 15 is 0 Å². The Morgan fingerprint density at radius 2 is 1.59 bits per heavy atom. The van der Waals surface area contributed by atoms with Crippen molar-refractivity contribution in [3.63, 3.8) is 0 Å². The van der Waals surface area contributed by atoms with Gasteiger partial charge in [0, 0.05) is 12.2 Å². The molecule has 2 aromatic rings. The summed E-state index contributed by atoms with van der Waals surface area (Å²) in [5, 5.41) is 7.08. The molecule has 152 valence electrons. The van der Waals surface area contributed by atoms with Gasteiger partial charge in [-0.15, -0.1) is 0 Å². The zero-order valence-corrected chi connectivity index (χ0v) is 15.8. The predicted octanol–water partition coefficient (Wildman–Crippen LogP) is 2.44. The maximum atomic E-state index is 12.0. The van der Waals surface area contributed by atoms with Crippen molar-refractivity contribution in [2.75, 3.05) is 18.5 Å². The quantitative estimate of drug-likeness (QED) is 0.615. The van der Waals surface area contributed by atoms with Crippen LogP contribution in [0.3, 0.4) is 0 Å². The number of benzene rings is 2. The molecule has 0 unspecified atom stereocenters. The molecule has 0 aliphatic rings. The second-order valence-electron chi connectivity index (χ2n) is 5.72. The van der Waals surface area contributed by atoms with E-state index in [1.807, 2.05) is 30.3 Å². The lowest BCUT2D eigenvalue weighted by Crippen LogP contribution is -2.41. The second-order valence-corrected chi connectivity index (χ2v) is 5.72. The lowest BCUT2D eigenvalue weighted by molar-refractivity contribution is -0.123. The summed E-state index contributed by atoms with van der Waals surface area (Å²) in [6.45, 7) is 1.57. The lowest BCUT2D eigenvalue weighted by Gasteiger charge is -2.08. The van der Waals surface area contributed by atoms with Crippen molar-refractivity contribution in [1.82, 2.24) is 10.6 Å². The largest absolute Gasteiger partial charge is 0.452 e. The summed E-state index contributed by atoms with van der Waals surface area (Å²) in [6, 6.07) is 14.3. The van der Waals surface area contributed by atoms with E-state index in [2.05, 4.69) is 16.0 Å². The van der Waals surface area contributed by atoms with Crippen LogP contribution in [0, 0.1) is 0 Å². The normalized spacial score (nSPS) is 9.83. The molecule has 4 amide bonds. The molecule has 0 saturated carbocycles. The third kappa shape index (κ3) is 7.71. The zero-order valence-electron chi connectivity index (χ0n) is 15.8. The summed E-state index contributed by atoms with van der Waals surface area (Å²) in [4.78, 5) is 46.7. The molecule has 0 spiro atoms. The second kappa shape index (κ2) is 11.1. The Morgan fingerprint density at radius 3 is 2.24 bits per heavy atom. The van der Waals surface area contributed by atoms with E-state index in [4.69, 9.17) is 9.47 Å². The predicted molar refractivity (Wildman–Crippen MR) is 104 cm³/mol. The van der Waals surface area contributed by atoms with Gasteiger partial charge in [-0.3, -0.25) is 15.4 Å². The number of hydrogen-bond acceptors (Lipinski definition) is 6. The zero-order chi connectivity index (χ0) is 21.1. The van der Waals surface area contributed by atoms with Gasteiger partial charge in [-0.25, -0.2) is 14.4 Å². The fourth-order valence-electron chi connectivity index (χ4n) is 2.17. The van der Waals surface area contributed by atoms with E-state index in [1.165, 1.54) is 24.3 Å². The van der Waals surface area contributed by atoms with Crippen molar-refractivity contribution in [3.05, 3.63) is 65.7 Å². The van der Waals surface area contributed by atoms with Crippen LogP contribution in [0.2, 0.25) is 0 Å². The molecule has 9 nitrogen and oxygen atoms in total. The molecular formula is C20H21N3O6. The van der Waals surface area contributed by atoms with Gasteiger partial charge in [0.2, 0.25) is 0 Å². The summed E-state index contributed by atoms with van der Waals surface area (Å²) in [5.74, 6) is -1.50. The minimum atomic E-state index is -0.760. The maximum Gasteiger partial charge on any atom is 0.411 e. The Morgan fingerprint density at radius 1 is 0.897 bits per heavy atom. The van der Waals surface area contributed by atoms with Gasteiger partial charge in [0.15, 0.2) is 6.61 Å². The average Bonchev–Trinajstić information content (AvgIpc) is 2.72. The summed E-state index contributed by atoms with van der Waals surface area (Å²) in [6.07, 6.45) is -0.606. The topological polar surface area (TPSA) is 123 Å². The standard InChI is InChI=1S/C20H21N3O6/c1-2-28-20(27)22-16-10-8-15(9-11-16)18(25)29-13-17(24)23-19(26)21-12-14-6-4-3-5-7-14/h3-11H,2,12-13H2,1H3,(H,22,27)(H2,21,23,24,26). The molecule has 0 aliphatic carbocycles. The number of carbonyl (C=O) groups is 4. The van der Waals surface area contributed by atoms with Crippen LogP contribution in [0.1, 0.15) is 22.8 Å². The van der Waals surface area contributed by atoms with Gasteiger partial charge in [0.1, 0.15) is 0 Å². The molecule has 0 radical (unpaired) electrons. The summed E-state index contributed by atoms with van der Waals surface area (Å²) < 4.78 is 9.61. The monoisotopic (exact) mass is 399 g/mol. The highest BCUT2D eigenvalue weighted by Gasteiger charge is 2.13. The Balaban J connectivity index is 1.72. The van der Waals surface area contributed by atoms with Gasteiger partial charge in [0.05, 0.1) is 12.2 Å². The van der Waals surface area contributed by atoms with Gasteiger partial charge in [-0.2, -0.15) is 0 Å². The minimum absolute atomic E-state index is 0.181. The third-order valence-corrected chi connectivity index (χ3v) is 3.53. The number of amides is 4. The number of ether oxygens (including phenoxy) is 2. The molecule has 0 heterocycles. The maximum absolute atomic E-state index is 12.0. The molecule has 3 N–H and O–H groups in total. The van der Waals surface area contributed by atoms with Gasteiger partial charge in [-0.05, 0) is 36.8 Å². The number of urea groups is 1. The molecule has 0 bridgehead atoms. The van der Waals surface area contributed by atoms with E-state index in [9.17, 15) is 19.2 Å². The van der Waals surface area contributed by atoms with Crippen LogP contribution >= 0.6 is 0 Å². The van der Waals surface area contributed by atoms with Gasteiger partial charge < -0.3 is 14.8 Å². The van der Waals surface area contributed by atoms with E-state index < -0.39 is 30.6 Å². The highest BCUT2D eigenvalue weighted by molar-refractivity contribution is 5.97. The van der Waals surface area contributed by atoms with E-state index in [-0.39, 0.29) is 18.7 Å². The average molecular weight is 399 g/mol. The Kier molecular flexibility index (Phi) is 8.18. The molecule has 0 aromatic heterocycles. The number of esters is 1. The fraction of sp³-hybridized carbons (Fsp3) is 0.200. The van der Waals surface area contributed by atoms with Crippen LogP contribution < -0.4 is 16.0 Å². The van der Waals surface area contributed by atoms with Gasteiger partial charge >= 0.3 is 18.1 Å². The Bertz CT molecular complexity index is 852. The molecule has 2 aromatic carbocycles. The minimum Gasteiger partial charge on any atom is -0.452 e. The molecule has 29 heavy (non-hydrogen) atoms. The molecule has 9 heteroatoms. The third-order valence-electron chi connectivity index (χ3n) is 3.53. The van der Waals surface area contributed by atoms with Crippen molar-refractivity contribution in [1.29, 1.82) is 0 Å². The molecule has 0 saturated heterocycles. The van der Waals surface area contributed by atoms with Crippen LogP contribution in [-0.2, 0) is 20.8 Å². The van der Waals surface area contributed by atoms with Crippen LogP contribution in [0.15, 0.2) is 54.6 Å². The van der Waals surface area contributed by atoms with Crippen LogP contribution in [-0.4, -0.2) is 37.2 Å². The molecule has 2 rings (SSSR count). The summed E-state index contributed by atoms with van der Waals surface area (Å²) in [7, 11) is 0. The number of rotatable bonds is 7. The first kappa shape index (κ1) is 21.4. The Hall–Kier alpha value is -3.88. The number of imide groups is 1. The lowest BCUT2D eigenvalue weighted by atomic mass is 10.2. The summed E-state index contributed by atoms with van der Waals surface area (Å²) >= 11 is 0. The van der Waals surface area contributed by atoms with E-state index in [0.717, 1.165) is 5.56 Å². The highest BCUT2D eigenvalue weighted by Crippen LogP contribution is 2.11. The van der Waals surface area contributed by atoms with E-state index in [0.29, 0.717) is 5.69 Å². The van der Waals surface area contributed by atoms with Crippen molar-refractivity contribution < 1.29 is 28.7 Å². The Labute approximate surface area is 167 Å². The first-order chi connectivity index (χ1) is 14.0. The van der Waals surface area contributed by atoms with Crippen molar-refractivity contribution in [2.24, 2.45) is 0 Å². The first-order valence-electron chi connectivity index (χ1n) is 8.80. The number of anilines is 1. The first-order valence-corrected chi connectivity index (χ1v) is 8.80. The fourth-order valence-corrected chi connectivity index (χ4v) is 2.17. The number of carbonyl (C=O) groups excluding carboxylic acids is 4. The molecule has 0 aliphatic heterocycles.